The largest absolute Gasteiger partial charge is 0.475 e. The van der Waals surface area contributed by atoms with Gasteiger partial charge in [-0.05, 0) is 30.7 Å². The number of nitrogens with one attached hydrogen (secondary N) is 1. The molecule has 0 saturated heterocycles. The van der Waals surface area contributed by atoms with Gasteiger partial charge >= 0.3 is 5.97 Å². The minimum atomic E-state index is -4.06. The second-order valence-corrected chi connectivity index (χ2v) is 6.48. The first-order chi connectivity index (χ1) is 10.9. The number of carboxylic acid groups (broad SMARTS) is 1. The maximum Gasteiger partial charge on any atom is 0.371 e. The van der Waals surface area contributed by atoms with Gasteiger partial charge in [0.05, 0.1) is 11.2 Å². The third kappa shape index (κ3) is 2.76. The van der Waals surface area contributed by atoms with Crippen LogP contribution >= 0.6 is 0 Å². The Hall–Kier alpha value is -2.87. The molecule has 2 heterocycles. The molecule has 0 spiro atoms. The summed E-state index contributed by atoms with van der Waals surface area (Å²) in [5.74, 6) is -1.78. The molecule has 3 rings (SSSR count). The number of sulfonamides is 1. The molecule has 3 aromatic rings. The molecule has 0 fully saturated rings. The highest BCUT2D eigenvalue weighted by atomic mass is 32.2. The highest BCUT2D eigenvalue weighted by Crippen LogP contribution is 2.28. The summed E-state index contributed by atoms with van der Waals surface area (Å²) < 4.78 is 32.1. The average molecular weight is 332 g/mol. The van der Waals surface area contributed by atoms with Crippen molar-refractivity contribution in [3.63, 3.8) is 0 Å². The molecule has 0 bridgehead atoms. The summed E-state index contributed by atoms with van der Waals surface area (Å²) in [5, 5.41) is 9.13. The Balaban J connectivity index is 2.07. The lowest BCUT2D eigenvalue weighted by atomic mass is 10.1. The third-order valence-electron chi connectivity index (χ3n) is 3.28. The van der Waals surface area contributed by atoms with Crippen molar-refractivity contribution < 1.29 is 22.7 Å². The van der Waals surface area contributed by atoms with Crippen molar-refractivity contribution in [2.24, 2.45) is 0 Å². The topological polar surface area (TPSA) is 110 Å². The van der Waals surface area contributed by atoms with E-state index >= 15 is 0 Å². The van der Waals surface area contributed by atoms with Gasteiger partial charge in [-0.2, -0.15) is 8.42 Å². The van der Waals surface area contributed by atoms with Crippen LogP contribution in [-0.4, -0.2) is 24.5 Å². The number of furan rings is 1. The Morgan fingerprint density at radius 3 is 2.70 bits per heavy atom. The van der Waals surface area contributed by atoms with E-state index < -0.39 is 26.8 Å². The number of hydrogen-bond acceptors (Lipinski definition) is 5. The van der Waals surface area contributed by atoms with Gasteiger partial charge in [0.15, 0.2) is 0 Å². The summed E-state index contributed by atoms with van der Waals surface area (Å²) in [6.45, 7) is 1.75. The maximum atomic E-state index is 12.4. The average Bonchev–Trinajstić information content (AvgIpc) is 3.01. The van der Waals surface area contributed by atoms with Crippen molar-refractivity contribution in [3.05, 3.63) is 53.9 Å². The lowest BCUT2D eigenvalue weighted by Crippen LogP contribution is -2.13. The molecular weight excluding hydrogens is 320 g/mol. The minimum Gasteiger partial charge on any atom is -0.475 e. The van der Waals surface area contributed by atoms with Gasteiger partial charge < -0.3 is 9.52 Å². The quantitative estimate of drug-likeness (QED) is 0.760. The van der Waals surface area contributed by atoms with Crippen LogP contribution in [0.5, 0.6) is 0 Å². The van der Waals surface area contributed by atoms with Crippen molar-refractivity contribution >= 4 is 32.6 Å². The van der Waals surface area contributed by atoms with E-state index in [2.05, 4.69) is 9.71 Å². The second-order valence-electron chi connectivity index (χ2n) is 4.86. The van der Waals surface area contributed by atoms with Gasteiger partial charge in [0.1, 0.15) is 0 Å². The summed E-state index contributed by atoms with van der Waals surface area (Å²) in [4.78, 5) is 15.0. The number of hydrogen-bond donors (Lipinski definition) is 2. The van der Waals surface area contributed by atoms with Crippen LogP contribution in [0.2, 0.25) is 0 Å². The molecule has 0 atom stereocenters. The van der Waals surface area contributed by atoms with E-state index in [0.29, 0.717) is 16.8 Å². The van der Waals surface area contributed by atoms with Crippen LogP contribution < -0.4 is 4.72 Å². The number of aromatic nitrogens is 1. The van der Waals surface area contributed by atoms with Gasteiger partial charge in [-0.1, -0.05) is 18.2 Å². The molecule has 23 heavy (non-hydrogen) atoms. The molecule has 0 aliphatic rings. The Kier molecular flexibility index (Phi) is 3.53. The Morgan fingerprint density at radius 1 is 1.22 bits per heavy atom. The summed E-state index contributed by atoms with van der Waals surface area (Å²) in [6.07, 6.45) is 1.56. The monoisotopic (exact) mass is 332 g/mol. The molecule has 0 unspecified atom stereocenters. The van der Waals surface area contributed by atoms with Gasteiger partial charge in [-0.25, -0.2) is 4.79 Å². The van der Waals surface area contributed by atoms with Crippen molar-refractivity contribution in [1.29, 1.82) is 0 Å². The van der Waals surface area contributed by atoms with Gasteiger partial charge in [-0.3, -0.25) is 9.71 Å². The molecule has 8 heteroatoms. The Bertz CT molecular complexity index is 1010. The predicted molar refractivity (Wildman–Crippen MR) is 83.0 cm³/mol. The van der Waals surface area contributed by atoms with E-state index in [1.807, 2.05) is 12.1 Å². The normalized spacial score (nSPS) is 11.5. The fourth-order valence-electron chi connectivity index (χ4n) is 2.14. The van der Waals surface area contributed by atoms with Crippen LogP contribution in [-0.2, 0) is 10.0 Å². The molecule has 2 N–H and O–H groups in total. The first-order valence-electron chi connectivity index (χ1n) is 6.59. The van der Waals surface area contributed by atoms with Crippen molar-refractivity contribution in [3.8, 4) is 0 Å². The van der Waals surface area contributed by atoms with Crippen molar-refractivity contribution in [2.75, 3.05) is 4.72 Å². The number of anilines is 1. The zero-order valence-electron chi connectivity index (χ0n) is 12.0. The number of aryl methyl sites for hydroxylation is 1. The molecule has 118 valence electrons. The first-order valence-corrected chi connectivity index (χ1v) is 8.07. The highest BCUT2D eigenvalue weighted by molar-refractivity contribution is 7.92. The number of fused-ring (bicyclic) bond motifs is 1. The van der Waals surface area contributed by atoms with Crippen LogP contribution in [0, 0.1) is 6.92 Å². The fraction of sp³-hybridized carbons (Fsp3) is 0.0667. The summed E-state index contributed by atoms with van der Waals surface area (Å²) in [5.41, 5.74) is 1.52. The molecule has 0 aliphatic carbocycles. The SMILES string of the molecule is Cc1ccc2cccnc2c1NS(=O)(=O)c1ccc(C(=O)O)o1. The van der Waals surface area contributed by atoms with Gasteiger partial charge in [-0.15, -0.1) is 0 Å². The van der Waals surface area contributed by atoms with Crippen LogP contribution in [0.1, 0.15) is 16.1 Å². The van der Waals surface area contributed by atoms with Crippen LogP contribution in [0.15, 0.2) is 52.1 Å². The van der Waals surface area contributed by atoms with Crippen LogP contribution in [0.25, 0.3) is 10.9 Å². The highest BCUT2D eigenvalue weighted by Gasteiger charge is 2.23. The van der Waals surface area contributed by atoms with Crippen LogP contribution in [0.3, 0.4) is 0 Å². The molecule has 0 radical (unpaired) electrons. The number of nitrogens with zero attached hydrogens (tertiary/aromatic N) is 1. The van der Waals surface area contributed by atoms with Gasteiger partial charge in [0, 0.05) is 11.6 Å². The molecule has 0 aliphatic heterocycles. The van der Waals surface area contributed by atoms with E-state index in [9.17, 15) is 13.2 Å². The summed E-state index contributed by atoms with van der Waals surface area (Å²) in [7, 11) is -4.06. The lowest BCUT2D eigenvalue weighted by Gasteiger charge is -2.11. The summed E-state index contributed by atoms with van der Waals surface area (Å²) in [6, 6.07) is 9.36. The predicted octanol–water partition coefficient (Wildman–Crippen LogP) is 2.64. The number of benzene rings is 1. The molecular formula is C15H12N2O5S. The van der Waals surface area contributed by atoms with Gasteiger partial charge in [0.2, 0.25) is 10.9 Å². The van der Waals surface area contributed by atoms with Gasteiger partial charge in [0.25, 0.3) is 10.0 Å². The zero-order valence-corrected chi connectivity index (χ0v) is 12.8. The van der Waals surface area contributed by atoms with E-state index in [1.54, 1.807) is 25.3 Å². The molecule has 1 aromatic carbocycles. The number of carbonyl (C=O) groups is 1. The van der Waals surface area contributed by atoms with Crippen molar-refractivity contribution in [2.45, 2.75) is 12.0 Å². The molecule has 2 aromatic heterocycles. The van der Waals surface area contributed by atoms with E-state index in [1.165, 1.54) is 0 Å². The standard InChI is InChI=1S/C15H12N2O5S/c1-9-4-5-10-3-2-8-16-14(10)13(9)17-23(20,21)12-7-6-11(22-12)15(18)19/h2-8,17H,1H3,(H,18,19). The number of aromatic carboxylic acids is 1. The number of pyridine rings is 1. The van der Waals surface area contributed by atoms with Crippen LogP contribution in [0.4, 0.5) is 5.69 Å². The summed E-state index contributed by atoms with van der Waals surface area (Å²) >= 11 is 0. The minimum absolute atomic E-state index is 0.330. The molecule has 7 nitrogen and oxygen atoms in total. The zero-order chi connectivity index (χ0) is 16.6. The Morgan fingerprint density at radius 2 is 2.00 bits per heavy atom. The number of carboxylic acids is 1. The maximum absolute atomic E-state index is 12.4. The molecule has 0 saturated carbocycles. The fourth-order valence-corrected chi connectivity index (χ4v) is 3.21. The third-order valence-corrected chi connectivity index (χ3v) is 4.50. The van der Waals surface area contributed by atoms with E-state index in [4.69, 9.17) is 9.52 Å². The molecule has 0 amide bonds. The lowest BCUT2D eigenvalue weighted by molar-refractivity contribution is 0.0656. The Labute approximate surface area is 131 Å². The second kappa shape index (κ2) is 5.40. The number of rotatable bonds is 4. The van der Waals surface area contributed by atoms with Crippen molar-refractivity contribution in [1.82, 2.24) is 4.98 Å². The van der Waals surface area contributed by atoms with E-state index in [-0.39, 0.29) is 0 Å². The first kappa shape index (κ1) is 15.0. The smallest absolute Gasteiger partial charge is 0.371 e. The van der Waals surface area contributed by atoms with E-state index in [0.717, 1.165) is 17.5 Å².